The van der Waals surface area contributed by atoms with E-state index in [1.807, 2.05) is 26.4 Å². The Bertz CT molecular complexity index is 317. The van der Waals surface area contributed by atoms with Gasteiger partial charge >= 0.3 is 0 Å². The first-order valence-corrected chi connectivity index (χ1v) is 5.50. The molecule has 0 radical (unpaired) electrons. The maximum absolute atomic E-state index is 5.14. The SMILES string of the molecule is CNCc1ccnc(N(C)C(C)COC)c1. The average molecular weight is 223 g/mol. The van der Waals surface area contributed by atoms with Gasteiger partial charge in [-0.15, -0.1) is 0 Å². The summed E-state index contributed by atoms with van der Waals surface area (Å²) < 4.78 is 5.14. The second-order valence-corrected chi connectivity index (χ2v) is 3.97. The van der Waals surface area contributed by atoms with Crippen molar-refractivity contribution in [1.29, 1.82) is 0 Å². The van der Waals surface area contributed by atoms with Crippen LogP contribution in [-0.2, 0) is 11.3 Å². The highest BCUT2D eigenvalue weighted by Crippen LogP contribution is 2.13. The molecule has 0 amide bonds. The molecule has 0 bridgehead atoms. The van der Waals surface area contributed by atoms with Crippen LogP contribution in [0.3, 0.4) is 0 Å². The van der Waals surface area contributed by atoms with Gasteiger partial charge < -0.3 is 15.0 Å². The number of hydrogen-bond donors (Lipinski definition) is 1. The van der Waals surface area contributed by atoms with Crippen LogP contribution in [0.25, 0.3) is 0 Å². The summed E-state index contributed by atoms with van der Waals surface area (Å²) in [5, 5.41) is 3.13. The van der Waals surface area contributed by atoms with E-state index in [4.69, 9.17) is 4.74 Å². The Morgan fingerprint density at radius 2 is 2.31 bits per heavy atom. The fourth-order valence-corrected chi connectivity index (χ4v) is 1.55. The second-order valence-electron chi connectivity index (χ2n) is 3.97. The van der Waals surface area contributed by atoms with E-state index >= 15 is 0 Å². The van der Waals surface area contributed by atoms with Gasteiger partial charge in [0.2, 0.25) is 0 Å². The standard InChI is InChI=1S/C12H21N3O/c1-10(9-16-4)15(3)12-7-11(8-13-2)5-6-14-12/h5-7,10,13H,8-9H2,1-4H3. The first kappa shape index (κ1) is 12.9. The van der Waals surface area contributed by atoms with Crippen molar-refractivity contribution in [3.63, 3.8) is 0 Å². The zero-order valence-electron chi connectivity index (χ0n) is 10.5. The second kappa shape index (κ2) is 6.45. The molecule has 1 atom stereocenters. The number of nitrogens with one attached hydrogen (secondary N) is 1. The molecule has 0 saturated carbocycles. The molecule has 0 aliphatic heterocycles. The van der Waals surface area contributed by atoms with Gasteiger partial charge in [-0.05, 0) is 31.7 Å². The molecule has 0 aliphatic rings. The average Bonchev–Trinajstić information content (AvgIpc) is 2.29. The van der Waals surface area contributed by atoms with Crippen LogP contribution in [0.2, 0.25) is 0 Å². The number of nitrogens with zero attached hydrogens (tertiary/aromatic N) is 2. The number of pyridine rings is 1. The molecule has 0 fully saturated rings. The number of hydrogen-bond acceptors (Lipinski definition) is 4. The molecule has 1 rings (SSSR count). The lowest BCUT2D eigenvalue weighted by molar-refractivity contribution is 0.183. The number of anilines is 1. The monoisotopic (exact) mass is 223 g/mol. The highest BCUT2D eigenvalue weighted by Gasteiger charge is 2.10. The van der Waals surface area contributed by atoms with Crippen LogP contribution in [0.1, 0.15) is 12.5 Å². The van der Waals surface area contributed by atoms with E-state index < -0.39 is 0 Å². The lowest BCUT2D eigenvalue weighted by Crippen LogP contribution is -2.33. The summed E-state index contributed by atoms with van der Waals surface area (Å²) in [6.45, 7) is 3.69. The number of rotatable bonds is 6. The predicted octanol–water partition coefficient (Wildman–Crippen LogP) is 1.27. The molecule has 0 saturated heterocycles. The van der Waals surface area contributed by atoms with Crippen molar-refractivity contribution < 1.29 is 4.74 Å². The van der Waals surface area contributed by atoms with Crippen LogP contribution < -0.4 is 10.2 Å². The van der Waals surface area contributed by atoms with Crippen LogP contribution in [-0.4, -0.2) is 38.8 Å². The summed E-state index contributed by atoms with van der Waals surface area (Å²) in [6, 6.07) is 4.44. The minimum atomic E-state index is 0.322. The molecule has 1 aromatic heterocycles. The molecule has 1 N–H and O–H groups in total. The number of aromatic nitrogens is 1. The third kappa shape index (κ3) is 3.47. The number of likely N-dealkylation sites (N-methyl/N-ethyl adjacent to an activating group) is 1. The molecule has 1 unspecified atom stereocenters. The van der Waals surface area contributed by atoms with Gasteiger partial charge in [0.25, 0.3) is 0 Å². The molecule has 0 spiro atoms. The van der Waals surface area contributed by atoms with E-state index in [0.29, 0.717) is 12.6 Å². The minimum absolute atomic E-state index is 0.322. The van der Waals surface area contributed by atoms with Gasteiger partial charge in [0.1, 0.15) is 5.82 Å². The van der Waals surface area contributed by atoms with Crippen molar-refractivity contribution in [1.82, 2.24) is 10.3 Å². The Kier molecular flexibility index (Phi) is 5.22. The minimum Gasteiger partial charge on any atom is -0.383 e. The molecule has 0 aliphatic carbocycles. The molecule has 16 heavy (non-hydrogen) atoms. The van der Waals surface area contributed by atoms with E-state index in [-0.39, 0.29) is 0 Å². The maximum Gasteiger partial charge on any atom is 0.128 e. The number of ether oxygens (including phenoxy) is 1. The van der Waals surface area contributed by atoms with Crippen molar-refractivity contribution in [2.24, 2.45) is 0 Å². The van der Waals surface area contributed by atoms with Crippen LogP contribution in [0.4, 0.5) is 5.82 Å². The molecule has 4 heteroatoms. The van der Waals surface area contributed by atoms with Gasteiger partial charge in [-0.1, -0.05) is 0 Å². The Morgan fingerprint density at radius 3 is 2.94 bits per heavy atom. The fourth-order valence-electron chi connectivity index (χ4n) is 1.55. The summed E-state index contributed by atoms with van der Waals surface area (Å²) in [4.78, 5) is 6.50. The van der Waals surface area contributed by atoms with Crippen LogP contribution >= 0.6 is 0 Å². The molecule has 90 valence electrons. The molecular formula is C12H21N3O. The third-order valence-corrected chi connectivity index (χ3v) is 2.62. The Balaban J connectivity index is 2.74. The van der Waals surface area contributed by atoms with Gasteiger partial charge in [-0.25, -0.2) is 4.98 Å². The molecular weight excluding hydrogens is 202 g/mol. The highest BCUT2D eigenvalue weighted by molar-refractivity contribution is 5.41. The normalized spacial score (nSPS) is 12.5. The first-order valence-electron chi connectivity index (χ1n) is 5.50. The number of methoxy groups -OCH3 is 1. The smallest absolute Gasteiger partial charge is 0.128 e. The van der Waals surface area contributed by atoms with Crippen molar-refractivity contribution in [3.8, 4) is 0 Å². The van der Waals surface area contributed by atoms with Gasteiger partial charge in [-0.2, -0.15) is 0 Å². The predicted molar refractivity (Wildman–Crippen MR) is 66.7 cm³/mol. The summed E-state index contributed by atoms with van der Waals surface area (Å²) in [5.41, 5.74) is 1.24. The largest absolute Gasteiger partial charge is 0.383 e. The van der Waals surface area contributed by atoms with Crippen molar-refractivity contribution in [2.45, 2.75) is 19.5 Å². The van der Waals surface area contributed by atoms with Crippen molar-refractivity contribution in [2.75, 3.05) is 32.7 Å². The summed E-state index contributed by atoms with van der Waals surface area (Å²) in [6.07, 6.45) is 1.85. The molecule has 1 aromatic rings. The van der Waals surface area contributed by atoms with E-state index in [1.54, 1.807) is 7.11 Å². The summed E-state index contributed by atoms with van der Waals surface area (Å²) in [7, 11) is 5.70. The van der Waals surface area contributed by atoms with Gasteiger partial charge in [0.15, 0.2) is 0 Å². The third-order valence-electron chi connectivity index (χ3n) is 2.62. The molecule has 0 aromatic carbocycles. The topological polar surface area (TPSA) is 37.4 Å². The molecule has 4 nitrogen and oxygen atoms in total. The maximum atomic E-state index is 5.14. The lowest BCUT2D eigenvalue weighted by atomic mass is 10.2. The van der Waals surface area contributed by atoms with Crippen LogP contribution in [0, 0.1) is 0 Å². The fraction of sp³-hybridized carbons (Fsp3) is 0.583. The van der Waals surface area contributed by atoms with Gasteiger partial charge in [0, 0.05) is 26.9 Å². The van der Waals surface area contributed by atoms with E-state index in [0.717, 1.165) is 12.4 Å². The first-order chi connectivity index (χ1) is 7.69. The summed E-state index contributed by atoms with van der Waals surface area (Å²) >= 11 is 0. The van der Waals surface area contributed by atoms with Gasteiger partial charge in [0.05, 0.1) is 12.6 Å². The van der Waals surface area contributed by atoms with E-state index in [2.05, 4.69) is 28.2 Å². The summed E-state index contributed by atoms with van der Waals surface area (Å²) in [5.74, 6) is 0.984. The van der Waals surface area contributed by atoms with E-state index in [1.165, 1.54) is 5.56 Å². The van der Waals surface area contributed by atoms with Gasteiger partial charge in [-0.3, -0.25) is 0 Å². The molecule has 1 heterocycles. The van der Waals surface area contributed by atoms with Crippen LogP contribution in [0.5, 0.6) is 0 Å². The van der Waals surface area contributed by atoms with Crippen molar-refractivity contribution >= 4 is 5.82 Å². The lowest BCUT2D eigenvalue weighted by Gasteiger charge is -2.25. The van der Waals surface area contributed by atoms with E-state index in [9.17, 15) is 0 Å². The quantitative estimate of drug-likeness (QED) is 0.788. The Hall–Kier alpha value is -1.13. The Morgan fingerprint density at radius 1 is 1.56 bits per heavy atom. The highest BCUT2D eigenvalue weighted by atomic mass is 16.5. The Labute approximate surface area is 97.6 Å². The van der Waals surface area contributed by atoms with Crippen LogP contribution in [0.15, 0.2) is 18.3 Å². The zero-order chi connectivity index (χ0) is 12.0. The zero-order valence-corrected chi connectivity index (χ0v) is 10.5. The van der Waals surface area contributed by atoms with Crippen molar-refractivity contribution in [3.05, 3.63) is 23.9 Å².